The fraction of sp³-hybridized carbons (Fsp3) is 0.419. The molecule has 13 heteroatoms. The first-order valence-corrected chi connectivity index (χ1v) is 15.5. The van der Waals surface area contributed by atoms with Gasteiger partial charge in [0.15, 0.2) is 11.5 Å². The molecule has 44 heavy (non-hydrogen) atoms. The predicted octanol–water partition coefficient (Wildman–Crippen LogP) is 7.10. The van der Waals surface area contributed by atoms with Crippen molar-refractivity contribution in [1.29, 1.82) is 0 Å². The number of benzene rings is 2. The van der Waals surface area contributed by atoms with Gasteiger partial charge in [-0.2, -0.15) is 0 Å². The van der Waals surface area contributed by atoms with Crippen molar-refractivity contribution in [2.24, 2.45) is 5.11 Å². The summed E-state index contributed by atoms with van der Waals surface area (Å²) in [4.78, 5) is 32.1. The van der Waals surface area contributed by atoms with Gasteiger partial charge in [0, 0.05) is 28.6 Å². The van der Waals surface area contributed by atoms with E-state index in [0.29, 0.717) is 30.0 Å². The molecular formula is C31H38N6O6S. The highest BCUT2D eigenvalue weighted by atomic mass is 32.1. The number of thiophene rings is 1. The van der Waals surface area contributed by atoms with Crippen LogP contribution in [0, 0.1) is 0 Å². The number of azide groups is 1. The smallest absolute Gasteiger partial charge is 0.410 e. The lowest BCUT2D eigenvalue weighted by molar-refractivity contribution is 0.0773. The number of nitrogens with one attached hydrogen (secondary N) is 2. The van der Waals surface area contributed by atoms with Gasteiger partial charge in [-0.3, -0.25) is 4.90 Å². The van der Waals surface area contributed by atoms with E-state index in [0.717, 1.165) is 28.8 Å². The quantitative estimate of drug-likeness (QED) is 0.0932. The largest absolute Gasteiger partial charge is 0.454 e. The SMILES string of the molecule is CCCC[C@@H](COC(=O)N(Cc1ccc(N=[N+]=[N-])cc1)C(C)c1cccs1)NC(=O)NC(CCO)c1ccc2c(c1)OCO2. The fourth-order valence-corrected chi connectivity index (χ4v) is 5.62. The molecule has 3 N–H and O–H groups in total. The zero-order valence-corrected chi connectivity index (χ0v) is 25.7. The molecule has 12 nitrogen and oxygen atoms in total. The molecule has 0 spiro atoms. The average Bonchev–Trinajstić information content (AvgIpc) is 3.74. The summed E-state index contributed by atoms with van der Waals surface area (Å²) in [7, 11) is 0. The molecule has 0 bridgehead atoms. The van der Waals surface area contributed by atoms with Crippen LogP contribution in [0.2, 0.25) is 0 Å². The van der Waals surface area contributed by atoms with E-state index in [4.69, 9.17) is 19.7 Å². The van der Waals surface area contributed by atoms with Crippen molar-refractivity contribution < 1.29 is 28.9 Å². The van der Waals surface area contributed by atoms with Crippen molar-refractivity contribution in [1.82, 2.24) is 15.5 Å². The van der Waals surface area contributed by atoms with E-state index >= 15 is 0 Å². The Labute approximate surface area is 260 Å². The Kier molecular flexibility index (Phi) is 12.1. The molecule has 0 fully saturated rings. The molecule has 3 amide bonds. The Bertz CT molecular complexity index is 1410. The van der Waals surface area contributed by atoms with Gasteiger partial charge in [0.2, 0.25) is 6.79 Å². The van der Waals surface area contributed by atoms with Crippen molar-refractivity contribution >= 4 is 29.1 Å². The molecule has 1 aliphatic heterocycles. The molecule has 0 aliphatic carbocycles. The molecule has 4 rings (SSSR count). The lowest BCUT2D eigenvalue weighted by Gasteiger charge is -2.29. The minimum absolute atomic E-state index is 0.00950. The standard InChI is InChI=1S/C31H38N6O6S/c1-3-4-6-25(33-30(39)34-26(14-15-38)23-10-13-27-28(17-23)43-20-42-27)19-41-31(40)37(21(2)29-7-5-16-44-29)18-22-8-11-24(12-9-22)35-36-32/h5,7-13,16-17,21,25-26,38H,3-4,6,14-15,18-20H2,1-2H3,(H2,33,34,39)/t21?,25-,26?/m0/s1. The Morgan fingerprint density at radius 2 is 1.93 bits per heavy atom. The van der Waals surface area contributed by atoms with Gasteiger partial charge in [0.1, 0.15) is 6.61 Å². The van der Waals surface area contributed by atoms with Crippen LogP contribution in [0.5, 0.6) is 11.5 Å². The molecule has 3 aromatic rings. The van der Waals surface area contributed by atoms with Crippen LogP contribution >= 0.6 is 11.3 Å². The van der Waals surface area contributed by atoms with E-state index in [9.17, 15) is 14.7 Å². The zero-order valence-electron chi connectivity index (χ0n) is 24.8. The Balaban J connectivity index is 1.41. The van der Waals surface area contributed by atoms with E-state index < -0.39 is 24.2 Å². The van der Waals surface area contributed by atoms with Crippen LogP contribution in [0.4, 0.5) is 15.3 Å². The summed E-state index contributed by atoms with van der Waals surface area (Å²) in [5.74, 6) is 1.23. The van der Waals surface area contributed by atoms with Crippen LogP contribution in [0.1, 0.15) is 67.6 Å². The summed E-state index contributed by atoms with van der Waals surface area (Å²) in [5.41, 5.74) is 10.8. The number of urea groups is 1. The van der Waals surface area contributed by atoms with E-state index in [2.05, 4.69) is 27.6 Å². The van der Waals surface area contributed by atoms with E-state index in [-0.39, 0.29) is 32.6 Å². The number of ether oxygens (including phenoxy) is 3. The fourth-order valence-electron chi connectivity index (χ4n) is 4.83. The van der Waals surface area contributed by atoms with Gasteiger partial charge in [-0.05, 0) is 60.0 Å². The normalized spacial score (nSPS) is 13.7. The number of fused-ring (bicyclic) bond motifs is 1. The van der Waals surface area contributed by atoms with Gasteiger partial charge < -0.3 is 30.0 Å². The zero-order chi connectivity index (χ0) is 31.3. The molecule has 0 radical (unpaired) electrons. The monoisotopic (exact) mass is 622 g/mol. The highest BCUT2D eigenvalue weighted by Crippen LogP contribution is 2.35. The topological polar surface area (TPSA) is 158 Å². The van der Waals surface area contributed by atoms with Crippen LogP contribution in [-0.2, 0) is 11.3 Å². The summed E-state index contributed by atoms with van der Waals surface area (Å²) < 4.78 is 16.7. The van der Waals surface area contributed by atoms with Crippen molar-refractivity contribution in [3.8, 4) is 11.5 Å². The number of amides is 3. The summed E-state index contributed by atoms with van der Waals surface area (Å²) in [6.45, 7) is 4.28. The number of unbranched alkanes of at least 4 members (excludes halogenated alkanes) is 1. The van der Waals surface area contributed by atoms with Gasteiger partial charge in [0.05, 0.1) is 18.1 Å². The first-order valence-electron chi connectivity index (χ1n) is 14.6. The summed E-state index contributed by atoms with van der Waals surface area (Å²) >= 11 is 1.55. The van der Waals surface area contributed by atoms with Crippen LogP contribution in [0.3, 0.4) is 0 Å². The minimum atomic E-state index is -0.507. The third-order valence-electron chi connectivity index (χ3n) is 7.28. The van der Waals surface area contributed by atoms with Gasteiger partial charge in [-0.25, -0.2) is 9.59 Å². The molecule has 3 atom stereocenters. The second-order valence-corrected chi connectivity index (χ2v) is 11.4. The number of rotatable bonds is 15. The van der Waals surface area contributed by atoms with E-state index in [1.54, 1.807) is 40.5 Å². The summed E-state index contributed by atoms with van der Waals surface area (Å²) in [6.07, 6.45) is 2.16. The van der Waals surface area contributed by atoms with Crippen LogP contribution < -0.4 is 20.1 Å². The maximum absolute atomic E-state index is 13.5. The maximum Gasteiger partial charge on any atom is 0.410 e. The Morgan fingerprint density at radius 3 is 2.64 bits per heavy atom. The third kappa shape index (κ3) is 9.03. The lowest BCUT2D eigenvalue weighted by Crippen LogP contribution is -2.46. The number of carbonyl (C=O) groups excluding carboxylic acids is 2. The highest BCUT2D eigenvalue weighted by Gasteiger charge is 2.26. The maximum atomic E-state index is 13.5. The van der Waals surface area contributed by atoms with E-state index in [1.807, 2.05) is 42.6 Å². The number of aliphatic hydroxyl groups is 1. The van der Waals surface area contributed by atoms with Crippen molar-refractivity contribution in [2.75, 3.05) is 20.0 Å². The van der Waals surface area contributed by atoms with E-state index in [1.165, 1.54) is 0 Å². The molecule has 1 aliphatic rings. The molecule has 2 unspecified atom stereocenters. The van der Waals surface area contributed by atoms with Gasteiger partial charge in [0.25, 0.3) is 0 Å². The van der Waals surface area contributed by atoms with Gasteiger partial charge >= 0.3 is 12.1 Å². The second-order valence-electron chi connectivity index (χ2n) is 10.4. The highest BCUT2D eigenvalue weighted by molar-refractivity contribution is 7.10. The number of carbonyl (C=O) groups is 2. The first kappa shape index (κ1) is 32.5. The molecule has 0 saturated heterocycles. The Morgan fingerprint density at radius 1 is 1.14 bits per heavy atom. The van der Waals surface area contributed by atoms with Crippen molar-refractivity contribution in [3.05, 3.63) is 86.4 Å². The minimum Gasteiger partial charge on any atom is -0.454 e. The molecule has 2 aromatic carbocycles. The van der Waals surface area contributed by atoms with Gasteiger partial charge in [-0.15, -0.1) is 11.3 Å². The van der Waals surface area contributed by atoms with Crippen molar-refractivity contribution in [3.63, 3.8) is 0 Å². The number of hydrogen-bond donors (Lipinski definition) is 3. The number of nitrogens with zero attached hydrogens (tertiary/aromatic N) is 4. The van der Waals surface area contributed by atoms with Gasteiger partial charge in [-0.1, -0.05) is 61.3 Å². The number of aliphatic hydroxyl groups excluding tert-OH is 1. The molecule has 234 valence electrons. The van der Waals surface area contributed by atoms with Crippen LogP contribution in [-0.4, -0.2) is 48.2 Å². The number of hydrogen-bond acceptors (Lipinski definition) is 8. The van der Waals surface area contributed by atoms with Crippen LogP contribution in [0.25, 0.3) is 10.4 Å². The van der Waals surface area contributed by atoms with Crippen molar-refractivity contribution in [2.45, 2.75) is 64.2 Å². The summed E-state index contributed by atoms with van der Waals surface area (Å²) in [5, 5.41) is 21.1. The predicted molar refractivity (Wildman–Crippen MR) is 167 cm³/mol. The lowest BCUT2D eigenvalue weighted by atomic mass is 10.0. The Hall–Kier alpha value is -4.45. The second kappa shape index (κ2) is 16.4. The summed E-state index contributed by atoms with van der Waals surface area (Å²) in [6, 6.07) is 14.8. The molecule has 2 heterocycles. The third-order valence-corrected chi connectivity index (χ3v) is 8.32. The molecule has 0 saturated carbocycles. The van der Waals surface area contributed by atoms with Crippen LogP contribution in [0.15, 0.2) is 65.1 Å². The first-order chi connectivity index (χ1) is 21.4. The average molecular weight is 623 g/mol. The molecule has 1 aromatic heterocycles. The molecular weight excluding hydrogens is 584 g/mol.